The quantitative estimate of drug-likeness (QED) is 0.820. The van der Waals surface area contributed by atoms with E-state index in [1.807, 2.05) is 32.0 Å². The minimum Gasteiger partial charge on any atom is -0.358 e. The first-order valence-electron chi connectivity index (χ1n) is 7.82. The highest BCUT2D eigenvalue weighted by atomic mass is 32.2. The minimum absolute atomic E-state index is 0.201. The number of unbranched alkanes of at least 4 members (excludes halogenated alkanes) is 1. The molecule has 2 aromatic rings. The van der Waals surface area contributed by atoms with Crippen molar-refractivity contribution in [1.29, 1.82) is 0 Å². The number of fused-ring (bicyclic) bond motifs is 1. The minimum atomic E-state index is -3.19. The molecule has 4 nitrogen and oxygen atoms in total. The first-order chi connectivity index (χ1) is 10.3. The standard InChI is InChI=1S/C17H26N2O2S/c1-5-6-11-22(20,21)18-12-17(3,4)16-13(2)19-15-10-8-7-9-14(15)16/h7-10,18-19H,5-6,11-12H2,1-4H3. The van der Waals surface area contributed by atoms with Gasteiger partial charge in [-0.2, -0.15) is 0 Å². The maximum Gasteiger partial charge on any atom is 0.211 e. The molecule has 0 fully saturated rings. The van der Waals surface area contributed by atoms with Crippen molar-refractivity contribution >= 4 is 20.9 Å². The molecule has 1 aromatic heterocycles. The van der Waals surface area contributed by atoms with Crippen molar-refractivity contribution in [3.8, 4) is 0 Å². The molecule has 0 aliphatic heterocycles. The number of H-pyrrole nitrogens is 1. The molecule has 0 saturated heterocycles. The summed E-state index contributed by atoms with van der Waals surface area (Å²) >= 11 is 0. The van der Waals surface area contributed by atoms with Crippen LogP contribution < -0.4 is 4.72 Å². The van der Waals surface area contributed by atoms with Crippen LogP contribution in [-0.2, 0) is 15.4 Å². The fourth-order valence-corrected chi connectivity index (χ4v) is 4.33. The second kappa shape index (κ2) is 6.42. The fraction of sp³-hybridized carbons (Fsp3) is 0.529. The van der Waals surface area contributed by atoms with E-state index in [1.54, 1.807) is 0 Å². The zero-order chi connectivity index (χ0) is 16.4. The maximum atomic E-state index is 12.0. The number of aryl methyl sites for hydroxylation is 1. The molecule has 122 valence electrons. The van der Waals surface area contributed by atoms with Crippen LogP contribution in [0, 0.1) is 6.92 Å². The van der Waals surface area contributed by atoms with Gasteiger partial charge in [0.1, 0.15) is 0 Å². The molecule has 0 radical (unpaired) electrons. The van der Waals surface area contributed by atoms with Gasteiger partial charge in [-0.25, -0.2) is 13.1 Å². The zero-order valence-corrected chi connectivity index (χ0v) is 14.7. The molecule has 1 heterocycles. The average molecular weight is 322 g/mol. The number of sulfonamides is 1. The van der Waals surface area contributed by atoms with Gasteiger partial charge < -0.3 is 4.98 Å². The molecule has 0 atom stereocenters. The number of nitrogens with one attached hydrogen (secondary N) is 2. The summed E-state index contributed by atoms with van der Waals surface area (Å²) < 4.78 is 26.8. The van der Waals surface area contributed by atoms with Gasteiger partial charge in [-0.05, 0) is 25.0 Å². The number of para-hydroxylation sites is 1. The van der Waals surface area contributed by atoms with Crippen LogP contribution in [-0.4, -0.2) is 25.7 Å². The fourth-order valence-electron chi connectivity index (χ4n) is 2.93. The summed E-state index contributed by atoms with van der Waals surface area (Å²) in [5.74, 6) is 0.201. The summed E-state index contributed by atoms with van der Waals surface area (Å²) in [4.78, 5) is 3.39. The molecule has 1 aromatic carbocycles. The summed E-state index contributed by atoms with van der Waals surface area (Å²) in [5, 5.41) is 1.16. The van der Waals surface area contributed by atoms with Crippen molar-refractivity contribution in [3.05, 3.63) is 35.5 Å². The molecular weight excluding hydrogens is 296 g/mol. The number of aromatic amines is 1. The summed E-state index contributed by atoms with van der Waals surface area (Å²) in [6, 6.07) is 8.15. The SMILES string of the molecule is CCCCS(=O)(=O)NCC(C)(C)c1c(C)[nH]c2ccccc12. The van der Waals surface area contributed by atoms with Crippen molar-refractivity contribution in [1.82, 2.24) is 9.71 Å². The highest BCUT2D eigenvalue weighted by Crippen LogP contribution is 2.33. The van der Waals surface area contributed by atoms with Crippen LogP contribution in [0.1, 0.15) is 44.9 Å². The number of rotatable bonds is 7. The Kier molecular flexibility index (Phi) is 4.97. The second-order valence-corrected chi connectivity index (χ2v) is 8.47. The van der Waals surface area contributed by atoms with Crippen LogP contribution in [0.15, 0.2) is 24.3 Å². The van der Waals surface area contributed by atoms with Gasteiger partial charge in [-0.3, -0.25) is 0 Å². The molecule has 5 heteroatoms. The van der Waals surface area contributed by atoms with Crippen molar-refractivity contribution in [2.45, 2.75) is 46.0 Å². The van der Waals surface area contributed by atoms with Gasteiger partial charge in [0.15, 0.2) is 0 Å². The molecule has 0 spiro atoms. The smallest absolute Gasteiger partial charge is 0.211 e. The number of hydrogen-bond acceptors (Lipinski definition) is 2. The van der Waals surface area contributed by atoms with E-state index >= 15 is 0 Å². The van der Waals surface area contributed by atoms with E-state index in [-0.39, 0.29) is 11.2 Å². The predicted molar refractivity (Wildman–Crippen MR) is 92.8 cm³/mol. The second-order valence-electron chi connectivity index (χ2n) is 6.55. The molecular formula is C17H26N2O2S. The van der Waals surface area contributed by atoms with E-state index in [2.05, 4.69) is 29.6 Å². The maximum absolute atomic E-state index is 12.0. The van der Waals surface area contributed by atoms with Crippen LogP contribution in [0.5, 0.6) is 0 Å². The van der Waals surface area contributed by atoms with Crippen molar-refractivity contribution < 1.29 is 8.42 Å². The monoisotopic (exact) mass is 322 g/mol. The number of benzene rings is 1. The lowest BCUT2D eigenvalue weighted by Crippen LogP contribution is -2.38. The predicted octanol–water partition coefficient (Wildman–Crippen LogP) is 3.47. The van der Waals surface area contributed by atoms with Crippen LogP contribution in [0.25, 0.3) is 10.9 Å². The largest absolute Gasteiger partial charge is 0.358 e. The molecule has 2 N–H and O–H groups in total. The van der Waals surface area contributed by atoms with E-state index in [1.165, 1.54) is 5.56 Å². The Balaban J connectivity index is 2.24. The van der Waals surface area contributed by atoms with E-state index < -0.39 is 10.0 Å². The molecule has 22 heavy (non-hydrogen) atoms. The third-order valence-electron chi connectivity index (χ3n) is 4.07. The summed E-state index contributed by atoms with van der Waals surface area (Å²) in [7, 11) is -3.19. The Labute approximate surface area is 133 Å². The molecule has 0 unspecified atom stereocenters. The van der Waals surface area contributed by atoms with Gasteiger partial charge in [-0.1, -0.05) is 45.4 Å². The first kappa shape index (κ1) is 17.0. The highest BCUT2D eigenvalue weighted by Gasteiger charge is 2.27. The summed E-state index contributed by atoms with van der Waals surface area (Å²) in [5.41, 5.74) is 3.10. The summed E-state index contributed by atoms with van der Waals surface area (Å²) in [6.07, 6.45) is 1.58. The van der Waals surface area contributed by atoms with Crippen molar-refractivity contribution in [2.75, 3.05) is 12.3 Å². The van der Waals surface area contributed by atoms with E-state index in [9.17, 15) is 8.42 Å². The van der Waals surface area contributed by atoms with Crippen LogP contribution in [0.2, 0.25) is 0 Å². The van der Waals surface area contributed by atoms with Gasteiger partial charge in [0, 0.05) is 28.6 Å². The Morgan fingerprint density at radius 3 is 2.59 bits per heavy atom. The van der Waals surface area contributed by atoms with Gasteiger partial charge in [0.25, 0.3) is 0 Å². The highest BCUT2D eigenvalue weighted by molar-refractivity contribution is 7.89. The molecule has 0 saturated carbocycles. The summed E-state index contributed by atoms with van der Waals surface area (Å²) in [6.45, 7) is 8.61. The zero-order valence-electron chi connectivity index (χ0n) is 13.9. The Morgan fingerprint density at radius 1 is 1.23 bits per heavy atom. The first-order valence-corrected chi connectivity index (χ1v) is 9.47. The van der Waals surface area contributed by atoms with Gasteiger partial charge >= 0.3 is 0 Å². The molecule has 2 rings (SSSR count). The third-order valence-corrected chi connectivity index (χ3v) is 5.48. The molecule has 0 bridgehead atoms. The Morgan fingerprint density at radius 2 is 1.91 bits per heavy atom. The Bertz CT molecular complexity index is 745. The third kappa shape index (κ3) is 3.70. The van der Waals surface area contributed by atoms with Crippen molar-refractivity contribution in [3.63, 3.8) is 0 Å². The van der Waals surface area contributed by atoms with Crippen LogP contribution >= 0.6 is 0 Å². The Hall–Kier alpha value is -1.33. The lowest BCUT2D eigenvalue weighted by atomic mass is 9.83. The van der Waals surface area contributed by atoms with Gasteiger partial charge in [-0.15, -0.1) is 0 Å². The van der Waals surface area contributed by atoms with Crippen LogP contribution in [0.4, 0.5) is 0 Å². The molecule has 0 amide bonds. The number of aromatic nitrogens is 1. The van der Waals surface area contributed by atoms with E-state index in [0.29, 0.717) is 13.0 Å². The number of hydrogen-bond donors (Lipinski definition) is 2. The van der Waals surface area contributed by atoms with Gasteiger partial charge in [0.05, 0.1) is 5.75 Å². The lowest BCUT2D eigenvalue weighted by molar-refractivity contribution is 0.501. The van der Waals surface area contributed by atoms with Crippen LogP contribution in [0.3, 0.4) is 0 Å². The van der Waals surface area contributed by atoms with E-state index in [0.717, 1.165) is 23.0 Å². The lowest BCUT2D eigenvalue weighted by Gasteiger charge is -2.26. The topological polar surface area (TPSA) is 62.0 Å². The van der Waals surface area contributed by atoms with E-state index in [4.69, 9.17) is 0 Å². The normalized spacial score (nSPS) is 12.9. The van der Waals surface area contributed by atoms with Crippen molar-refractivity contribution in [2.24, 2.45) is 0 Å². The van der Waals surface area contributed by atoms with Gasteiger partial charge in [0.2, 0.25) is 10.0 Å². The average Bonchev–Trinajstić information content (AvgIpc) is 2.80. The molecule has 0 aliphatic carbocycles. The molecule has 0 aliphatic rings.